The minimum absolute atomic E-state index is 0.0266. The van der Waals surface area contributed by atoms with Gasteiger partial charge in [0.05, 0.1) is 5.02 Å². The molecule has 3 amide bonds. The number of likely N-dealkylation sites (tertiary alicyclic amines) is 1. The second-order valence-electron chi connectivity index (χ2n) is 6.85. The van der Waals surface area contributed by atoms with E-state index in [1.807, 2.05) is 39.0 Å². The highest BCUT2D eigenvalue weighted by molar-refractivity contribution is 7.21. The van der Waals surface area contributed by atoms with E-state index in [9.17, 15) is 9.59 Å². The van der Waals surface area contributed by atoms with Crippen LogP contribution >= 0.6 is 22.9 Å². The molecule has 26 heavy (non-hydrogen) atoms. The van der Waals surface area contributed by atoms with Crippen LogP contribution in [0.15, 0.2) is 24.3 Å². The van der Waals surface area contributed by atoms with Crippen molar-refractivity contribution in [3.05, 3.63) is 34.2 Å². The van der Waals surface area contributed by atoms with Gasteiger partial charge in [0.25, 0.3) is 5.91 Å². The molecule has 2 fully saturated rings. The van der Waals surface area contributed by atoms with Gasteiger partial charge in [-0.1, -0.05) is 29.8 Å². The number of carbonyl (C=O) groups excluding carboxylic acids is 2. The minimum atomic E-state index is -0.0266. The van der Waals surface area contributed by atoms with Gasteiger partial charge in [-0.15, -0.1) is 11.3 Å². The second kappa shape index (κ2) is 7.45. The number of amides is 3. The molecule has 138 valence electrons. The third kappa shape index (κ3) is 3.28. The highest BCUT2D eigenvalue weighted by atomic mass is 35.5. The minimum Gasteiger partial charge on any atom is -0.334 e. The maximum atomic E-state index is 12.9. The first-order chi connectivity index (χ1) is 12.6. The maximum Gasteiger partial charge on any atom is 0.320 e. The van der Waals surface area contributed by atoms with Crippen LogP contribution in [0.2, 0.25) is 5.02 Å². The number of piperazine rings is 1. The Balaban J connectivity index is 1.41. The van der Waals surface area contributed by atoms with Crippen molar-refractivity contribution in [3.8, 4) is 0 Å². The fourth-order valence-corrected chi connectivity index (χ4v) is 5.16. The summed E-state index contributed by atoms with van der Waals surface area (Å²) in [5.74, 6) is -0.0266. The number of benzene rings is 1. The molecule has 2 aliphatic rings. The molecule has 4 rings (SSSR count). The fraction of sp³-hybridized carbons (Fsp3) is 0.474. The van der Waals surface area contributed by atoms with E-state index < -0.39 is 0 Å². The van der Waals surface area contributed by atoms with E-state index in [-0.39, 0.29) is 11.9 Å². The molecular formula is C19H22ClN3O2S. The summed E-state index contributed by atoms with van der Waals surface area (Å²) in [5, 5.41) is 1.48. The molecule has 2 aromatic rings. The van der Waals surface area contributed by atoms with Crippen molar-refractivity contribution in [1.82, 2.24) is 14.7 Å². The van der Waals surface area contributed by atoms with Crippen molar-refractivity contribution in [2.45, 2.75) is 19.3 Å². The van der Waals surface area contributed by atoms with Crippen LogP contribution in [0.25, 0.3) is 10.1 Å². The number of urea groups is 1. The summed E-state index contributed by atoms with van der Waals surface area (Å²) in [7, 11) is 0. The van der Waals surface area contributed by atoms with Crippen LogP contribution in [0.5, 0.6) is 0 Å². The molecule has 5 nitrogen and oxygen atoms in total. The van der Waals surface area contributed by atoms with Gasteiger partial charge in [0.15, 0.2) is 0 Å². The number of hydrogen-bond acceptors (Lipinski definition) is 3. The first-order valence-electron chi connectivity index (χ1n) is 9.15. The van der Waals surface area contributed by atoms with Crippen LogP contribution in [-0.4, -0.2) is 65.9 Å². The van der Waals surface area contributed by atoms with E-state index in [2.05, 4.69) is 0 Å². The number of halogens is 1. The molecule has 2 saturated heterocycles. The van der Waals surface area contributed by atoms with Crippen molar-refractivity contribution in [1.29, 1.82) is 0 Å². The van der Waals surface area contributed by atoms with Crippen molar-refractivity contribution >= 4 is 45.0 Å². The number of piperidine rings is 1. The van der Waals surface area contributed by atoms with Crippen molar-refractivity contribution in [3.63, 3.8) is 0 Å². The smallest absolute Gasteiger partial charge is 0.320 e. The summed E-state index contributed by atoms with van der Waals surface area (Å²) in [6.45, 7) is 4.00. The number of carbonyl (C=O) groups is 2. The van der Waals surface area contributed by atoms with Crippen molar-refractivity contribution < 1.29 is 9.59 Å². The molecular weight excluding hydrogens is 370 g/mol. The Kier molecular flexibility index (Phi) is 5.05. The quantitative estimate of drug-likeness (QED) is 0.739. The first kappa shape index (κ1) is 17.6. The van der Waals surface area contributed by atoms with Crippen LogP contribution < -0.4 is 0 Å². The van der Waals surface area contributed by atoms with E-state index in [1.54, 1.807) is 0 Å². The lowest BCUT2D eigenvalue weighted by Gasteiger charge is -2.38. The molecule has 0 radical (unpaired) electrons. The average molecular weight is 392 g/mol. The predicted molar refractivity (Wildman–Crippen MR) is 105 cm³/mol. The number of nitrogens with zero attached hydrogens (tertiary/aromatic N) is 3. The Bertz CT molecular complexity index is 823. The molecule has 0 aliphatic carbocycles. The third-order valence-electron chi connectivity index (χ3n) is 5.19. The summed E-state index contributed by atoms with van der Waals surface area (Å²) in [5.41, 5.74) is 0. The Labute approximate surface area is 162 Å². The van der Waals surface area contributed by atoms with Gasteiger partial charge in [0.1, 0.15) is 4.88 Å². The van der Waals surface area contributed by atoms with Crippen molar-refractivity contribution in [2.24, 2.45) is 0 Å². The highest BCUT2D eigenvalue weighted by Gasteiger charge is 2.29. The van der Waals surface area contributed by atoms with E-state index in [1.165, 1.54) is 17.8 Å². The molecule has 3 heterocycles. The highest BCUT2D eigenvalue weighted by Crippen LogP contribution is 2.36. The molecule has 1 aromatic carbocycles. The molecule has 0 unspecified atom stereocenters. The largest absolute Gasteiger partial charge is 0.334 e. The Hall–Kier alpha value is -1.79. The van der Waals surface area contributed by atoms with Gasteiger partial charge in [-0.05, 0) is 25.3 Å². The normalized spacial score (nSPS) is 18.4. The number of fused-ring (bicyclic) bond motifs is 1. The van der Waals surface area contributed by atoms with E-state index >= 15 is 0 Å². The van der Waals surface area contributed by atoms with Crippen LogP contribution in [0.1, 0.15) is 28.9 Å². The average Bonchev–Trinajstić information content (AvgIpc) is 3.04. The van der Waals surface area contributed by atoms with Gasteiger partial charge in [0.2, 0.25) is 0 Å². The van der Waals surface area contributed by atoms with Crippen LogP contribution in [0.4, 0.5) is 4.79 Å². The monoisotopic (exact) mass is 391 g/mol. The van der Waals surface area contributed by atoms with Gasteiger partial charge in [-0.3, -0.25) is 4.79 Å². The Morgan fingerprint density at radius 1 is 0.846 bits per heavy atom. The molecule has 0 spiro atoms. The first-order valence-corrected chi connectivity index (χ1v) is 10.3. The van der Waals surface area contributed by atoms with Gasteiger partial charge in [-0.25, -0.2) is 4.79 Å². The molecule has 7 heteroatoms. The van der Waals surface area contributed by atoms with Crippen LogP contribution in [0, 0.1) is 0 Å². The molecule has 0 atom stereocenters. The number of rotatable bonds is 1. The van der Waals surface area contributed by atoms with Gasteiger partial charge >= 0.3 is 6.03 Å². The predicted octanol–water partition coefficient (Wildman–Crippen LogP) is 3.92. The maximum absolute atomic E-state index is 12.9. The molecule has 1 aromatic heterocycles. The lowest BCUT2D eigenvalue weighted by molar-refractivity contribution is 0.0637. The van der Waals surface area contributed by atoms with Crippen LogP contribution in [-0.2, 0) is 0 Å². The summed E-state index contributed by atoms with van der Waals surface area (Å²) >= 11 is 7.89. The molecule has 0 saturated carbocycles. The van der Waals surface area contributed by atoms with E-state index in [4.69, 9.17) is 11.6 Å². The number of thiophene rings is 1. The SMILES string of the molecule is O=C(c1sc2ccccc2c1Cl)N1CCN(C(=O)N2CCCCC2)CC1. The zero-order valence-electron chi connectivity index (χ0n) is 14.6. The fourth-order valence-electron chi connectivity index (χ4n) is 3.68. The topological polar surface area (TPSA) is 43.9 Å². The Morgan fingerprint density at radius 2 is 1.46 bits per heavy atom. The Morgan fingerprint density at radius 3 is 2.15 bits per heavy atom. The summed E-state index contributed by atoms with van der Waals surface area (Å²) in [6, 6.07) is 7.93. The van der Waals surface area contributed by atoms with E-state index in [0.29, 0.717) is 36.1 Å². The summed E-state index contributed by atoms with van der Waals surface area (Å²) < 4.78 is 1.03. The third-order valence-corrected chi connectivity index (χ3v) is 6.86. The lowest BCUT2D eigenvalue weighted by Crippen LogP contribution is -2.54. The standard InChI is InChI=1S/C19H22ClN3O2S/c20-16-14-6-2-3-7-15(14)26-17(16)18(24)21-10-12-23(13-11-21)19(25)22-8-4-1-5-9-22/h2-3,6-7H,1,4-5,8-13H2. The summed E-state index contributed by atoms with van der Waals surface area (Å²) in [6.07, 6.45) is 3.39. The zero-order chi connectivity index (χ0) is 18.1. The summed E-state index contributed by atoms with van der Waals surface area (Å²) in [4.78, 5) is 31.7. The lowest BCUT2D eigenvalue weighted by atomic mass is 10.1. The van der Waals surface area contributed by atoms with Crippen LogP contribution in [0.3, 0.4) is 0 Å². The molecule has 0 N–H and O–H groups in total. The van der Waals surface area contributed by atoms with Gasteiger partial charge in [-0.2, -0.15) is 0 Å². The van der Waals surface area contributed by atoms with Crippen molar-refractivity contribution in [2.75, 3.05) is 39.3 Å². The van der Waals surface area contributed by atoms with E-state index in [0.717, 1.165) is 36.0 Å². The zero-order valence-corrected chi connectivity index (χ0v) is 16.2. The van der Waals surface area contributed by atoms with Gasteiger partial charge < -0.3 is 14.7 Å². The molecule has 2 aliphatic heterocycles. The van der Waals surface area contributed by atoms with Gasteiger partial charge in [0, 0.05) is 49.4 Å². The second-order valence-corrected chi connectivity index (χ2v) is 8.28. The molecule has 0 bridgehead atoms. The number of hydrogen-bond donors (Lipinski definition) is 0.